The minimum atomic E-state index is -0.403. The van der Waals surface area contributed by atoms with Gasteiger partial charge in [-0.05, 0) is 51.0 Å². The van der Waals surface area contributed by atoms with Crippen molar-refractivity contribution in [2.75, 3.05) is 32.9 Å². The van der Waals surface area contributed by atoms with E-state index in [9.17, 15) is 9.18 Å². The number of rotatable bonds is 4. The molecule has 126 valence electrons. The molecule has 2 saturated heterocycles. The van der Waals surface area contributed by atoms with Crippen LogP contribution in [0.4, 0.5) is 4.39 Å². The molecule has 0 aromatic rings. The molecule has 3 nitrogen and oxygen atoms in total. The van der Waals surface area contributed by atoms with Gasteiger partial charge >= 0.3 is 0 Å². The number of nitrogens with zero attached hydrogens (tertiary/aromatic N) is 2. The summed E-state index contributed by atoms with van der Waals surface area (Å²) < 4.78 is 12.8. The molecule has 0 radical (unpaired) electrons. The molecule has 0 bridgehead atoms. The van der Waals surface area contributed by atoms with Gasteiger partial charge in [0.2, 0.25) is 5.91 Å². The Morgan fingerprint density at radius 2 is 1.86 bits per heavy atom. The van der Waals surface area contributed by atoms with E-state index in [4.69, 9.17) is 0 Å². The number of halogens is 1. The molecule has 2 aliphatic heterocycles. The van der Waals surface area contributed by atoms with Crippen molar-refractivity contribution in [1.82, 2.24) is 9.80 Å². The fourth-order valence-corrected chi connectivity index (χ4v) is 4.99. The first-order valence-electron chi connectivity index (χ1n) is 9.32. The summed E-state index contributed by atoms with van der Waals surface area (Å²) >= 11 is 0. The lowest BCUT2D eigenvalue weighted by Crippen LogP contribution is -2.47. The zero-order valence-corrected chi connectivity index (χ0v) is 13.9. The second-order valence-electron chi connectivity index (χ2n) is 7.62. The van der Waals surface area contributed by atoms with Crippen LogP contribution in [-0.4, -0.2) is 54.1 Å². The third-order valence-electron chi connectivity index (χ3n) is 6.24. The molecular weight excluding hydrogens is 279 g/mol. The average Bonchev–Trinajstić information content (AvgIpc) is 2.72. The zero-order valence-electron chi connectivity index (χ0n) is 13.9. The summed E-state index contributed by atoms with van der Waals surface area (Å²) in [5.74, 6) is 1.06. The second kappa shape index (κ2) is 7.29. The van der Waals surface area contributed by atoms with Crippen molar-refractivity contribution in [3.8, 4) is 0 Å². The molecule has 3 rings (SSSR count). The van der Waals surface area contributed by atoms with Gasteiger partial charge in [0, 0.05) is 31.6 Å². The Bertz CT molecular complexity index is 383. The average molecular weight is 310 g/mol. The smallest absolute Gasteiger partial charge is 0.223 e. The van der Waals surface area contributed by atoms with E-state index in [1.54, 1.807) is 0 Å². The molecule has 3 fully saturated rings. The maximum atomic E-state index is 12.8. The highest BCUT2D eigenvalue weighted by molar-refractivity contribution is 5.79. The van der Waals surface area contributed by atoms with Crippen molar-refractivity contribution in [3.05, 3.63) is 0 Å². The van der Waals surface area contributed by atoms with Crippen LogP contribution < -0.4 is 0 Å². The monoisotopic (exact) mass is 310 g/mol. The normalized spacial score (nSPS) is 31.9. The van der Waals surface area contributed by atoms with Gasteiger partial charge < -0.3 is 9.80 Å². The van der Waals surface area contributed by atoms with E-state index in [1.807, 2.05) is 4.90 Å². The highest BCUT2D eigenvalue weighted by Crippen LogP contribution is 2.39. The van der Waals surface area contributed by atoms with Gasteiger partial charge in [0.05, 0.1) is 0 Å². The maximum Gasteiger partial charge on any atom is 0.223 e. The van der Waals surface area contributed by atoms with Crippen LogP contribution in [0.15, 0.2) is 0 Å². The van der Waals surface area contributed by atoms with E-state index in [-0.39, 0.29) is 11.4 Å². The predicted octanol–water partition coefficient (Wildman–Crippen LogP) is 3.38. The molecule has 1 unspecified atom stereocenters. The van der Waals surface area contributed by atoms with Gasteiger partial charge in [-0.2, -0.15) is 0 Å². The molecule has 3 aliphatic rings. The number of carbonyl (C=O) groups excluding carboxylic acids is 1. The van der Waals surface area contributed by atoms with E-state index < -0.39 is 6.67 Å². The van der Waals surface area contributed by atoms with E-state index in [0.717, 1.165) is 44.7 Å². The van der Waals surface area contributed by atoms with Gasteiger partial charge in [-0.15, -0.1) is 0 Å². The Hall–Kier alpha value is -0.640. The Morgan fingerprint density at radius 1 is 1.05 bits per heavy atom. The highest BCUT2D eigenvalue weighted by Gasteiger charge is 2.45. The Morgan fingerprint density at radius 3 is 2.64 bits per heavy atom. The molecule has 4 heteroatoms. The van der Waals surface area contributed by atoms with E-state index in [1.165, 1.54) is 38.6 Å². The molecule has 1 atom stereocenters. The fourth-order valence-electron chi connectivity index (χ4n) is 4.99. The first-order chi connectivity index (χ1) is 10.7. The maximum absolute atomic E-state index is 12.8. The molecule has 1 amide bonds. The largest absolute Gasteiger partial charge is 0.334 e. The summed E-state index contributed by atoms with van der Waals surface area (Å²) in [6.45, 7) is 3.40. The van der Waals surface area contributed by atoms with Crippen LogP contribution in [0, 0.1) is 5.92 Å². The van der Waals surface area contributed by atoms with Crippen LogP contribution in [0.5, 0.6) is 0 Å². The quantitative estimate of drug-likeness (QED) is 0.795. The van der Waals surface area contributed by atoms with Gasteiger partial charge in [0.15, 0.2) is 0 Å². The van der Waals surface area contributed by atoms with E-state index in [2.05, 4.69) is 4.90 Å². The van der Waals surface area contributed by atoms with Crippen LogP contribution >= 0.6 is 0 Å². The molecular formula is C18H31FN2O. The lowest BCUT2D eigenvalue weighted by atomic mass is 9.87. The summed E-state index contributed by atoms with van der Waals surface area (Å²) in [6, 6.07) is 0. The number of carbonyl (C=O) groups is 1. The first kappa shape index (κ1) is 16.2. The number of amides is 1. The third-order valence-corrected chi connectivity index (χ3v) is 6.24. The van der Waals surface area contributed by atoms with Crippen molar-refractivity contribution in [1.29, 1.82) is 0 Å². The lowest BCUT2D eigenvalue weighted by Gasteiger charge is -2.38. The van der Waals surface area contributed by atoms with Gasteiger partial charge in [-0.1, -0.05) is 19.3 Å². The predicted molar refractivity (Wildman–Crippen MR) is 86.5 cm³/mol. The molecule has 22 heavy (non-hydrogen) atoms. The summed E-state index contributed by atoms with van der Waals surface area (Å²) in [7, 11) is 0. The van der Waals surface area contributed by atoms with Gasteiger partial charge in [0.1, 0.15) is 6.67 Å². The Balaban J connectivity index is 1.58. The van der Waals surface area contributed by atoms with Crippen molar-refractivity contribution in [2.45, 2.75) is 69.7 Å². The Kier molecular flexibility index (Phi) is 5.37. The SMILES string of the molecule is O=C1CCC2(CCCN(CC3CCCCC3)CC2)N1CCF. The molecule has 0 aromatic carbocycles. The number of hydrogen-bond acceptors (Lipinski definition) is 2. The molecule has 2 heterocycles. The van der Waals surface area contributed by atoms with Crippen molar-refractivity contribution >= 4 is 5.91 Å². The van der Waals surface area contributed by atoms with Crippen LogP contribution in [0.1, 0.15) is 64.2 Å². The molecule has 1 saturated carbocycles. The molecule has 1 aliphatic carbocycles. The van der Waals surface area contributed by atoms with E-state index in [0.29, 0.717) is 13.0 Å². The van der Waals surface area contributed by atoms with Crippen LogP contribution in [0.2, 0.25) is 0 Å². The second-order valence-corrected chi connectivity index (χ2v) is 7.62. The minimum absolute atomic E-state index is 0.0233. The number of hydrogen-bond donors (Lipinski definition) is 0. The van der Waals surface area contributed by atoms with Crippen molar-refractivity contribution in [3.63, 3.8) is 0 Å². The molecule has 1 spiro atoms. The molecule has 0 N–H and O–H groups in total. The number of likely N-dealkylation sites (tertiary alicyclic amines) is 2. The zero-order chi connectivity index (χ0) is 15.4. The summed E-state index contributed by atoms with van der Waals surface area (Å²) in [6.07, 6.45) is 11.9. The Labute approximate surface area is 134 Å². The third kappa shape index (κ3) is 3.47. The summed E-state index contributed by atoms with van der Waals surface area (Å²) in [4.78, 5) is 16.6. The van der Waals surface area contributed by atoms with Gasteiger partial charge in [-0.25, -0.2) is 4.39 Å². The van der Waals surface area contributed by atoms with Crippen molar-refractivity contribution in [2.24, 2.45) is 5.92 Å². The van der Waals surface area contributed by atoms with Crippen LogP contribution in [0.3, 0.4) is 0 Å². The lowest BCUT2D eigenvalue weighted by molar-refractivity contribution is -0.131. The van der Waals surface area contributed by atoms with Gasteiger partial charge in [0.25, 0.3) is 0 Å². The fraction of sp³-hybridized carbons (Fsp3) is 0.944. The highest BCUT2D eigenvalue weighted by atomic mass is 19.1. The minimum Gasteiger partial charge on any atom is -0.334 e. The topological polar surface area (TPSA) is 23.6 Å². The van der Waals surface area contributed by atoms with E-state index >= 15 is 0 Å². The molecule has 0 aromatic heterocycles. The summed E-state index contributed by atoms with van der Waals surface area (Å²) in [5, 5.41) is 0. The summed E-state index contributed by atoms with van der Waals surface area (Å²) in [5.41, 5.74) is -0.0233. The van der Waals surface area contributed by atoms with Crippen LogP contribution in [0.25, 0.3) is 0 Å². The first-order valence-corrected chi connectivity index (χ1v) is 9.32. The standard InChI is InChI=1S/C18H31FN2O/c19-11-14-21-17(22)7-9-18(21)8-4-12-20(13-10-18)15-16-5-2-1-3-6-16/h16H,1-15H2. The number of alkyl halides is 1. The van der Waals surface area contributed by atoms with Gasteiger partial charge in [-0.3, -0.25) is 4.79 Å². The van der Waals surface area contributed by atoms with Crippen LogP contribution in [-0.2, 0) is 4.79 Å². The van der Waals surface area contributed by atoms with Crippen molar-refractivity contribution < 1.29 is 9.18 Å².